The van der Waals surface area contributed by atoms with Crippen molar-refractivity contribution in [1.29, 1.82) is 0 Å². The van der Waals surface area contributed by atoms with Crippen molar-refractivity contribution in [2.75, 3.05) is 20.2 Å². The Hall–Kier alpha value is -2.41. The summed E-state index contributed by atoms with van der Waals surface area (Å²) >= 11 is 0. The lowest BCUT2D eigenvalue weighted by Gasteiger charge is -2.34. The first-order valence-corrected chi connectivity index (χ1v) is 9.55. The maximum absolute atomic E-state index is 12.4. The first-order chi connectivity index (χ1) is 13.0. The molecule has 0 spiro atoms. The van der Waals surface area contributed by atoms with E-state index >= 15 is 0 Å². The molecule has 1 aromatic heterocycles. The fraction of sp³-hybridized carbons (Fsp3) is 0.550. The Morgan fingerprint density at radius 3 is 2.74 bits per heavy atom. The molecule has 1 aromatic carbocycles. The number of nitrogens with one attached hydrogen (secondary N) is 1. The summed E-state index contributed by atoms with van der Waals surface area (Å²) in [5, 5.41) is 11.5. The minimum atomic E-state index is -0.0168. The Morgan fingerprint density at radius 1 is 1.33 bits per heavy atom. The Kier molecular flexibility index (Phi) is 6.11. The highest BCUT2D eigenvalue weighted by Crippen LogP contribution is 2.25. The number of rotatable bonds is 6. The summed E-state index contributed by atoms with van der Waals surface area (Å²) in [6, 6.07) is 6.66. The third-order valence-corrected chi connectivity index (χ3v) is 5.19. The molecule has 1 N–H and O–H groups in total. The number of methoxy groups -OCH3 is 1. The molecule has 1 amide bonds. The first kappa shape index (κ1) is 19.4. The zero-order chi connectivity index (χ0) is 19.4. The highest BCUT2D eigenvalue weighted by molar-refractivity contribution is 5.76. The van der Waals surface area contributed by atoms with Gasteiger partial charge in [0.05, 0.1) is 13.3 Å². The van der Waals surface area contributed by atoms with Crippen LogP contribution < -0.4 is 10.1 Å². The van der Waals surface area contributed by atoms with E-state index in [0.29, 0.717) is 6.04 Å². The molecule has 1 aliphatic rings. The van der Waals surface area contributed by atoms with Crippen LogP contribution in [0.1, 0.15) is 32.3 Å². The summed E-state index contributed by atoms with van der Waals surface area (Å²) < 4.78 is 6.88. The molecule has 0 saturated carbocycles. The Bertz CT molecular complexity index is 778. The van der Waals surface area contributed by atoms with Crippen LogP contribution in [-0.4, -0.2) is 58.1 Å². The number of hydrogen-bond donors (Lipinski definition) is 1. The molecule has 1 aliphatic heterocycles. The van der Waals surface area contributed by atoms with Crippen molar-refractivity contribution in [2.45, 2.75) is 52.2 Å². The second-order valence-electron chi connectivity index (χ2n) is 7.45. The second-order valence-corrected chi connectivity index (χ2v) is 7.45. The largest absolute Gasteiger partial charge is 0.497 e. The van der Waals surface area contributed by atoms with Gasteiger partial charge in [-0.1, -0.05) is 11.3 Å². The van der Waals surface area contributed by atoms with Gasteiger partial charge >= 0.3 is 0 Å². The molecule has 0 radical (unpaired) electrons. The van der Waals surface area contributed by atoms with Gasteiger partial charge in [0.1, 0.15) is 18.0 Å². The van der Waals surface area contributed by atoms with E-state index in [1.807, 2.05) is 31.3 Å². The smallest absolute Gasteiger partial charge is 0.242 e. The first-order valence-electron chi connectivity index (χ1n) is 9.55. The van der Waals surface area contributed by atoms with Crippen LogP contribution in [0.25, 0.3) is 11.3 Å². The number of nitrogens with zero attached hydrogens (tertiary/aromatic N) is 4. The predicted molar refractivity (Wildman–Crippen MR) is 105 cm³/mol. The van der Waals surface area contributed by atoms with Crippen LogP contribution >= 0.6 is 0 Å². The van der Waals surface area contributed by atoms with Gasteiger partial charge in [0, 0.05) is 30.7 Å². The number of amides is 1. The quantitative estimate of drug-likeness (QED) is 0.843. The summed E-state index contributed by atoms with van der Waals surface area (Å²) in [7, 11) is 1.64. The summed E-state index contributed by atoms with van der Waals surface area (Å²) in [5.74, 6) is 0.757. The van der Waals surface area contributed by atoms with Crippen LogP contribution in [0.3, 0.4) is 0 Å². The normalized spacial score (nSPS) is 15.9. The SMILES string of the molecule is COc1ccc(C)c(-c2cn(CC(=O)NC3CCN(C(C)C)CC3)nn2)c1. The molecule has 7 nitrogen and oxygen atoms in total. The molecule has 7 heteroatoms. The standard InChI is InChI=1S/C20H29N5O2/c1-14(2)24-9-7-16(8-10-24)21-20(26)13-25-12-19(22-23-25)18-11-17(27-4)6-5-15(18)3/h5-6,11-12,14,16H,7-10,13H2,1-4H3,(H,21,26). The second kappa shape index (κ2) is 8.52. The van der Waals surface area contributed by atoms with Gasteiger partial charge in [-0.05, 0) is 51.3 Å². The predicted octanol–water partition coefficient (Wildman–Crippen LogP) is 2.25. The number of likely N-dealkylation sites (tertiary alicyclic amines) is 1. The van der Waals surface area contributed by atoms with Gasteiger partial charge < -0.3 is 15.0 Å². The molecule has 1 fully saturated rings. The number of benzene rings is 1. The van der Waals surface area contributed by atoms with Crippen LogP contribution in [0.5, 0.6) is 5.75 Å². The van der Waals surface area contributed by atoms with Gasteiger partial charge in [-0.3, -0.25) is 4.79 Å². The molecule has 0 atom stereocenters. The molecular weight excluding hydrogens is 342 g/mol. The van der Waals surface area contributed by atoms with Crippen LogP contribution in [0.2, 0.25) is 0 Å². The number of carbonyl (C=O) groups excluding carboxylic acids is 1. The van der Waals surface area contributed by atoms with E-state index in [1.165, 1.54) is 0 Å². The summed E-state index contributed by atoms with van der Waals surface area (Å²) in [5.41, 5.74) is 2.79. The lowest BCUT2D eigenvalue weighted by Crippen LogP contribution is -2.47. The van der Waals surface area contributed by atoms with Gasteiger partial charge in [-0.15, -0.1) is 5.10 Å². The van der Waals surface area contributed by atoms with Gasteiger partial charge in [0.15, 0.2) is 0 Å². The number of carbonyl (C=O) groups is 1. The number of hydrogen-bond acceptors (Lipinski definition) is 5. The molecule has 3 rings (SSSR count). The molecule has 27 heavy (non-hydrogen) atoms. The zero-order valence-corrected chi connectivity index (χ0v) is 16.6. The maximum atomic E-state index is 12.4. The fourth-order valence-electron chi connectivity index (χ4n) is 3.48. The zero-order valence-electron chi connectivity index (χ0n) is 16.6. The Morgan fingerprint density at radius 2 is 2.07 bits per heavy atom. The maximum Gasteiger partial charge on any atom is 0.242 e. The lowest BCUT2D eigenvalue weighted by atomic mass is 10.0. The van der Waals surface area contributed by atoms with Gasteiger partial charge in [0.25, 0.3) is 0 Å². The fourth-order valence-corrected chi connectivity index (χ4v) is 3.48. The summed E-state index contributed by atoms with van der Waals surface area (Å²) in [4.78, 5) is 14.8. The molecular formula is C20H29N5O2. The number of aryl methyl sites for hydroxylation is 1. The van der Waals surface area contributed by atoms with E-state index in [2.05, 4.69) is 34.4 Å². The highest BCUT2D eigenvalue weighted by Gasteiger charge is 2.22. The van der Waals surface area contributed by atoms with Crippen LogP contribution in [-0.2, 0) is 11.3 Å². The minimum Gasteiger partial charge on any atom is -0.497 e. The van der Waals surface area contributed by atoms with Crippen LogP contribution in [0.4, 0.5) is 0 Å². The van der Waals surface area contributed by atoms with Crippen molar-refractivity contribution in [1.82, 2.24) is 25.2 Å². The van der Waals surface area contributed by atoms with Crippen molar-refractivity contribution in [3.63, 3.8) is 0 Å². The summed E-state index contributed by atoms with van der Waals surface area (Å²) in [6.07, 6.45) is 3.80. The van der Waals surface area contributed by atoms with Crippen molar-refractivity contribution in [2.24, 2.45) is 0 Å². The van der Waals surface area contributed by atoms with E-state index in [4.69, 9.17) is 4.74 Å². The minimum absolute atomic E-state index is 0.0168. The molecule has 2 heterocycles. The van der Waals surface area contributed by atoms with E-state index in [1.54, 1.807) is 11.8 Å². The topological polar surface area (TPSA) is 72.3 Å². The van der Waals surface area contributed by atoms with Crippen molar-refractivity contribution < 1.29 is 9.53 Å². The Labute approximate surface area is 160 Å². The average Bonchev–Trinajstić information content (AvgIpc) is 3.10. The van der Waals surface area contributed by atoms with Crippen molar-refractivity contribution in [3.05, 3.63) is 30.0 Å². The Balaban J connectivity index is 1.57. The molecule has 146 valence electrons. The monoisotopic (exact) mass is 371 g/mol. The van der Waals surface area contributed by atoms with E-state index < -0.39 is 0 Å². The van der Waals surface area contributed by atoms with Gasteiger partial charge in [-0.2, -0.15) is 0 Å². The third-order valence-electron chi connectivity index (χ3n) is 5.19. The van der Waals surface area contributed by atoms with E-state index in [9.17, 15) is 4.79 Å². The van der Waals surface area contributed by atoms with Crippen molar-refractivity contribution >= 4 is 5.91 Å². The van der Waals surface area contributed by atoms with E-state index in [0.717, 1.165) is 48.5 Å². The van der Waals surface area contributed by atoms with Crippen molar-refractivity contribution in [3.8, 4) is 17.0 Å². The summed E-state index contributed by atoms with van der Waals surface area (Å²) in [6.45, 7) is 8.69. The number of ether oxygens (including phenoxy) is 1. The van der Waals surface area contributed by atoms with Gasteiger partial charge in [0.2, 0.25) is 5.91 Å². The molecule has 0 aliphatic carbocycles. The van der Waals surface area contributed by atoms with Gasteiger partial charge in [-0.25, -0.2) is 4.68 Å². The van der Waals surface area contributed by atoms with E-state index in [-0.39, 0.29) is 18.5 Å². The molecule has 0 bridgehead atoms. The third kappa shape index (κ3) is 4.86. The molecule has 1 saturated heterocycles. The average molecular weight is 371 g/mol. The highest BCUT2D eigenvalue weighted by atomic mass is 16.5. The molecule has 2 aromatic rings. The van der Waals surface area contributed by atoms with Crippen LogP contribution in [0, 0.1) is 6.92 Å². The number of piperidine rings is 1. The van der Waals surface area contributed by atoms with Crippen LogP contribution in [0.15, 0.2) is 24.4 Å². The molecule has 0 unspecified atom stereocenters. The number of aromatic nitrogens is 3. The lowest BCUT2D eigenvalue weighted by molar-refractivity contribution is -0.122.